The second kappa shape index (κ2) is 9.76. The lowest BCUT2D eigenvalue weighted by molar-refractivity contribution is 0.471. The Bertz CT molecular complexity index is 1490. The van der Waals surface area contributed by atoms with Crippen molar-refractivity contribution >= 4 is 0 Å². The van der Waals surface area contributed by atoms with E-state index in [0.29, 0.717) is 18.1 Å². The second-order valence-corrected chi connectivity index (χ2v) is 8.30. The first-order valence-electron chi connectivity index (χ1n) is 11.5. The van der Waals surface area contributed by atoms with E-state index in [4.69, 9.17) is 0 Å². The van der Waals surface area contributed by atoms with Crippen LogP contribution in [-0.4, -0.2) is 39.8 Å². The molecule has 5 aromatic rings. The summed E-state index contributed by atoms with van der Waals surface area (Å²) in [5, 5.41) is 24.4. The number of hydrogen-bond acceptors (Lipinski definition) is 6. The van der Waals surface area contributed by atoms with Crippen molar-refractivity contribution in [2.24, 2.45) is 0 Å². The molecule has 2 N–H and O–H groups in total. The van der Waals surface area contributed by atoms with E-state index in [9.17, 15) is 9.90 Å². The third-order valence-electron chi connectivity index (χ3n) is 5.96. The maximum Gasteiger partial charge on any atom is 0.333 e. The maximum absolute atomic E-state index is 13.3. The number of para-hydroxylation sites is 2. The fraction of sp³-hybridized carbons (Fsp3) is 0.192. The number of phenols is 1. The minimum atomic E-state index is -0.190. The third kappa shape index (κ3) is 4.48. The van der Waals surface area contributed by atoms with Gasteiger partial charge in [-0.2, -0.15) is 0 Å². The largest absolute Gasteiger partial charge is 0.506 e. The predicted octanol–water partition coefficient (Wildman–Crippen LogP) is 3.98. The van der Waals surface area contributed by atoms with Gasteiger partial charge in [-0.3, -0.25) is 14.1 Å². The summed E-state index contributed by atoms with van der Waals surface area (Å²) >= 11 is 0. The standard InChI is InChI=1S/C26H25N7O2/c1-2-3-8-19-17-33(23-11-6-7-12-24(23)34)26(35)32(19)16-18-13-14-22(27-15-18)20-9-4-5-10-21(20)25-28-30-31-29-25/h4-7,9-15,17,34H,2-3,8,16H2,1H3,(H,28,29,30,31). The van der Waals surface area contributed by atoms with Gasteiger partial charge in [0, 0.05) is 29.2 Å². The summed E-state index contributed by atoms with van der Waals surface area (Å²) in [6, 6.07) is 18.6. The SMILES string of the molecule is CCCCc1cn(-c2ccccc2O)c(=O)n1Cc1ccc(-c2ccccc2-c2nnn[nH]2)nc1. The number of aromatic nitrogens is 7. The maximum atomic E-state index is 13.3. The van der Waals surface area contributed by atoms with Gasteiger partial charge in [0.25, 0.3) is 0 Å². The van der Waals surface area contributed by atoms with Crippen LogP contribution in [0.2, 0.25) is 0 Å². The van der Waals surface area contributed by atoms with E-state index in [-0.39, 0.29) is 11.4 Å². The van der Waals surface area contributed by atoms with Crippen molar-refractivity contribution in [1.29, 1.82) is 0 Å². The first-order valence-corrected chi connectivity index (χ1v) is 11.5. The van der Waals surface area contributed by atoms with Crippen molar-refractivity contribution in [2.45, 2.75) is 32.7 Å². The number of unbranched alkanes of at least 4 members (excludes halogenated alkanes) is 1. The Morgan fingerprint density at radius 1 is 1.00 bits per heavy atom. The molecular formula is C26H25N7O2. The number of nitrogens with one attached hydrogen (secondary N) is 1. The molecule has 0 saturated heterocycles. The quantitative estimate of drug-likeness (QED) is 0.357. The highest BCUT2D eigenvalue weighted by atomic mass is 16.3. The van der Waals surface area contributed by atoms with E-state index in [1.54, 1.807) is 35.0 Å². The number of rotatable bonds is 8. The van der Waals surface area contributed by atoms with Crippen molar-refractivity contribution in [2.75, 3.05) is 0 Å². The monoisotopic (exact) mass is 467 g/mol. The van der Waals surface area contributed by atoms with E-state index >= 15 is 0 Å². The van der Waals surface area contributed by atoms with E-state index in [1.807, 2.05) is 42.6 Å². The fourth-order valence-electron chi connectivity index (χ4n) is 4.14. The molecule has 0 fully saturated rings. The summed E-state index contributed by atoms with van der Waals surface area (Å²) in [4.78, 5) is 18.0. The molecule has 3 heterocycles. The van der Waals surface area contributed by atoms with Gasteiger partial charge >= 0.3 is 5.69 Å². The Morgan fingerprint density at radius 3 is 2.51 bits per heavy atom. The number of aromatic hydroxyl groups is 1. The summed E-state index contributed by atoms with van der Waals surface area (Å²) in [6.45, 7) is 2.51. The number of pyridine rings is 1. The average molecular weight is 468 g/mol. The van der Waals surface area contributed by atoms with Gasteiger partial charge in [-0.1, -0.05) is 55.8 Å². The lowest BCUT2D eigenvalue weighted by Gasteiger charge is -2.09. The summed E-state index contributed by atoms with van der Waals surface area (Å²) < 4.78 is 3.27. The van der Waals surface area contributed by atoms with Gasteiger partial charge in [0.05, 0.1) is 17.9 Å². The van der Waals surface area contributed by atoms with Crippen LogP contribution in [0.25, 0.3) is 28.3 Å². The van der Waals surface area contributed by atoms with Crippen LogP contribution in [0.15, 0.2) is 77.9 Å². The molecule has 2 aromatic carbocycles. The smallest absolute Gasteiger partial charge is 0.333 e. The minimum absolute atomic E-state index is 0.0698. The molecule has 0 aliphatic heterocycles. The molecule has 5 rings (SSSR count). The van der Waals surface area contributed by atoms with Crippen molar-refractivity contribution in [1.82, 2.24) is 34.7 Å². The first kappa shape index (κ1) is 22.3. The van der Waals surface area contributed by atoms with Gasteiger partial charge in [0.1, 0.15) is 5.75 Å². The van der Waals surface area contributed by atoms with Crippen LogP contribution < -0.4 is 5.69 Å². The molecule has 0 aliphatic carbocycles. The lowest BCUT2D eigenvalue weighted by atomic mass is 10.0. The van der Waals surface area contributed by atoms with Gasteiger partial charge in [-0.25, -0.2) is 9.89 Å². The summed E-state index contributed by atoms with van der Waals surface area (Å²) in [5.41, 5.74) is 4.66. The van der Waals surface area contributed by atoms with E-state index in [1.165, 1.54) is 4.57 Å². The van der Waals surface area contributed by atoms with Crippen molar-refractivity contribution in [3.63, 3.8) is 0 Å². The van der Waals surface area contributed by atoms with Crippen LogP contribution in [0.1, 0.15) is 31.0 Å². The molecule has 176 valence electrons. The predicted molar refractivity (Wildman–Crippen MR) is 132 cm³/mol. The molecule has 0 saturated carbocycles. The van der Waals surface area contributed by atoms with Crippen molar-refractivity contribution in [3.05, 3.63) is 94.8 Å². The molecular weight excluding hydrogens is 442 g/mol. The number of aryl methyl sites for hydroxylation is 1. The fourth-order valence-corrected chi connectivity index (χ4v) is 4.14. The minimum Gasteiger partial charge on any atom is -0.506 e. The van der Waals surface area contributed by atoms with Gasteiger partial charge < -0.3 is 5.11 Å². The first-order chi connectivity index (χ1) is 17.2. The zero-order chi connectivity index (χ0) is 24.2. The highest BCUT2D eigenvalue weighted by Crippen LogP contribution is 2.28. The van der Waals surface area contributed by atoms with Crippen molar-refractivity contribution < 1.29 is 5.11 Å². The van der Waals surface area contributed by atoms with Crippen LogP contribution in [0.3, 0.4) is 0 Å². The van der Waals surface area contributed by atoms with E-state index in [2.05, 4.69) is 32.5 Å². The highest BCUT2D eigenvalue weighted by Gasteiger charge is 2.16. The van der Waals surface area contributed by atoms with Gasteiger partial charge in [-0.15, -0.1) is 5.10 Å². The molecule has 0 amide bonds. The Labute approximate surface area is 201 Å². The Kier molecular flexibility index (Phi) is 6.21. The van der Waals surface area contributed by atoms with Gasteiger partial charge in [-0.05, 0) is 47.0 Å². The molecule has 3 aromatic heterocycles. The lowest BCUT2D eigenvalue weighted by Crippen LogP contribution is -2.24. The topological polar surface area (TPSA) is 115 Å². The number of H-pyrrole nitrogens is 1. The molecule has 0 aliphatic rings. The molecule has 0 unspecified atom stereocenters. The van der Waals surface area contributed by atoms with Crippen LogP contribution in [-0.2, 0) is 13.0 Å². The Hall–Kier alpha value is -4.53. The zero-order valence-electron chi connectivity index (χ0n) is 19.3. The molecule has 9 nitrogen and oxygen atoms in total. The molecule has 9 heteroatoms. The van der Waals surface area contributed by atoms with E-state index < -0.39 is 0 Å². The summed E-state index contributed by atoms with van der Waals surface area (Å²) in [5.74, 6) is 0.643. The van der Waals surface area contributed by atoms with E-state index in [0.717, 1.165) is 47.3 Å². The molecule has 0 atom stereocenters. The summed E-state index contributed by atoms with van der Waals surface area (Å²) in [6.07, 6.45) is 6.38. The highest BCUT2D eigenvalue weighted by molar-refractivity contribution is 5.78. The molecule has 0 spiro atoms. The number of tetrazole rings is 1. The molecule has 0 radical (unpaired) electrons. The zero-order valence-corrected chi connectivity index (χ0v) is 19.3. The van der Waals surface area contributed by atoms with Crippen LogP contribution in [0, 0.1) is 0 Å². The van der Waals surface area contributed by atoms with Crippen LogP contribution >= 0.6 is 0 Å². The average Bonchev–Trinajstić information content (AvgIpc) is 3.53. The summed E-state index contributed by atoms with van der Waals surface area (Å²) in [7, 11) is 0. The number of benzene rings is 2. The van der Waals surface area contributed by atoms with Gasteiger partial charge in [0.2, 0.25) is 0 Å². The Balaban J connectivity index is 1.47. The normalized spacial score (nSPS) is 11.1. The van der Waals surface area contributed by atoms with Crippen molar-refractivity contribution in [3.8, 4) is 34.1 Å². The Morgan fingerprint density at radius 2 is 1.80 bits per heavy atom. The second-order valence-electron chi connectivity index (χ2n) is 8.30. The number of aromatic amines is 1. The molecule has 35 heavy (non-hydrogen) atoms. The number of phenolic OH excluding ortho intramolecular Hbond substituents is 1. The van der Waals surface area contributed by atoms with Gasteiger partial charge in [0.15, 0.2) is 5.82 Å². The number of nitrogens with zero attached hydrogens (tertiary/aromatic N) is 6. The third-order valence-corrected chi connectivity index (χ3v) is 5.96. The molecule has 0 bridgehead atoms. The van der Waals surface area contributed by atoms with Crippen LogP contribution in [0.4, 0.5) is 0 Å². The van der Waals surface area contributed by atoms with Crippen LogP contribution in [0.5, 0.6) is 5.75 Å². The number of hydrogen-bond donors (Lipinski definition) is 2. The number of imidazole rings is 1.